The molecule has 9 heteroatoms. The van der Waals surface area contributed by atoms with Gasteiger partial charge >= 0.3 is 15.5 Å². The molecule has 1 rings (SSSR count). The van der Waals surface area contributed by atoms with Gasteiger partial charge < -0.3 is 0 Å². The van der Waals surface area contributed by atoms with Crippen LogP contribution in [0.25, 0.3) is 0 Å². The standard InChI is InChI=1S/C6H4ClF3N2O2S/c7-4-1-2-11-5(3-4)12-15(13,14)6(8,9)10/h1-3H,(H,11,12). The van der Waals surface area contributed by atoms with Crippen LogP contribution in [0.5, 0.6) is 0 Å². The lowest BCUT2D eigenvalue weighted by atomic mass is 10.5. The van der Waals surface area contributed by atoms with Crippen molar-refractivity contribution in [3.63, 3.8) is 0 Å². The van der Waals surface area contributed by atoms with Gasteiger partial charge in [0.1, 0.15) is 5.82 Å². The summed E-state index contributed by atoms with van der Waals surface area (Å²) in [7, 11) is -5.44. The number of aromatic nitrogens is 1. The highest BCUT2D eigenvalue weighted by atomic mass is 35.5. The number of pyridine rings is 1. The molecular weight excluding hydrogens is 257 g/mol. The summed E-state index contributed by atoms with van der Waals surface area (Å²) >= 11 is 5.43. The Kier molecular flexibility index (Phi) is 3.10. The van der Waals surface area contributed by atoms with Gasteiger partial charge in [0.15, 0.2) is 0 Å². The van der Waals surface area contributed by atoms with Crippen molar-refractivity contribution >= 4 is 27.4 Å². The number of sulfonamides is 1. The Labute approximate surface area is 88.1 Å². The van der Waals surface area contributed by atoms with Crippen LogP contribution in [0.1, 0.15) is 0 Å². The Morgan fingerprint density at radius 3 is 2.47 bits per heavy atom. The first-order chi connectivity index (χ1) is 6.72. The molecule has 0 bridgehead atoms. The van der Waals surface area contributed by atoms with E-state index in [1.807, 2.05) is 0 Å². The van der Waals surface area contributed by atoms with Gasteiger partial charge in [0.25, 0.3) is 0 Å². The molecular formula is C6H4ClF3N2O2S. The minimum absolute atomic E-state index is 0.0740. The summed E-state index contributed by atoms with van der Waals surface area (Å²) in [5.74, 6) is -0.486. The predicted molar refractivity (Wildman–Crippen MR) is 47.8 cm³/mol. The van der Waals surface area contributed by atoms with E-state index in [2.05, 4.69) is 4.98 Å². The molecule has 1 aromatic heterocycles. The maximum Gasteiger partial charge on any atom is 0.516 e. The summed E-state index contributed by atoms with van der Waals surface area (Å²) in [6.45, 7) is 0. The highest BCUT2D eigenvalue weighted by Gasteiger charge is 2.46. The van der Waals surface area contributed by atoms with Crippen LogP contribution in [0.2, 0.25) is 5.02 Å². The van der Waals surface area contributed by atoms with Crippen molar-refractivity contribution in [1.82, 2.24) is 4.98 Å². The summed E-state index contributed by atoms with van der Waals surface area (Å²) in [6.07, 6.45) is 1.08. The SMILES string of the molecule is O=S(=O)(Nc1cc(Cl)ccn1)C(F)(F)F. The van der Waals surface area contributed by atoms with Crippen LogP contribution in [0.15, 0.2) is 18.3 Å². The molecule has 0 atom stereocenters. The van der Waals surface area contributed by atoms with Crippen LogP contribution in [-0.2, 0) is 10.0 Å². The van der Waals surface area contributed by atoms with Gasteiger partial charge in [-0.15, -0.1) is 0 Å². The molecule has 0 aliphatic rings. The summed E-state index contributed by atoms with van der Waals surface area (Å²) in [5, 5.41) is 0.0740. The molecule has 1 heterocycles. The second-order valence-electron chi connectivity index (χ2n) is 2.41. The molecule has 4 nitrogen and oxygen atoms in total. The van der Waals surface area contributed by atoms with Gasteiger partial charge in [-0.05, 0) is 6.07 Å². The summed E-state index contributed by atoms with van der Waals surface area (Å²) in [4.78, 5) is 3.36. The Bertz CT molecular complexity index is 460. The smallest absolute Gasteiger partial charge is 0.260 e. The second kappa shape index (κ2) is 3.86. The Morgan fingerprint density at radius 2 is 2.00 bits per heavy atom. The van der Waals surface area contributed by atoms with Crippen molar-refractivity contribution in [3.8, 4) is 0 Å². The zero-order chi connectivity index (χ0) is 11.7. The van der Waals surface area contributed by atoms with Crippen molar-refractivity contribution in [3.05, 3.63) is 23.4 Å². The van der Waals surface area contributed by atoms with E-state index in [0.717, 1.165) is 12.3 Å². The third-order valence-corrected chi connectivity index (χ3v) is 2.59. The van der Waals surface area contributed by atoms with E-state index in [-0.39, 0.29) is 5.02 Å². The molecule has 0 unspecified atom stereocenters. The lowest BCUT2D eigenvalue weighted by Gasteiger charge is -2.09. The minimum Gasteiger partial charge on any atom is -0.260 e. The number of nitrogens with zero attached hydrogens (tertiary/aromatic N) is 1. The average Bonchev–Trinajstić information content (AvgIpc) is 2.00. The molecule has 0 aromatic carbocycles. The monoisotopic (exact) mass is 260 g/mol. The van der Waals surface area contributed by atoms with Gasteiger partial charge in [0.2, 0.25) is 0 Å². The molecule has 1 N–H and O–H groups in total. The number of nitrogens with one attached hydrogen (secondary N) is 1. The minimum atomic E-state index is -5.44. The molecule has 84 valence electrons. The molecule has 0 saturated carbocycles. The van der Waals surface area contributed by atoms with E-state index < -0.39 is 21.3 Å². The van der Waals surface area contributed by atoms with E-state index in [0.29, 0.717) is 0 Å². The summed E-state index contributed by atoms with van der Waals surface area (Å²) < 4.78 is 58.2. The van der Waals surface area contributed by atoms with Crippen LogP contribution in [-0.4, -0.2) is 18.9 Å². The quantitative estimate of drug-likeness (QED) is 0.885. The third kappa shape index (κ3) is 2.96. The average molecular weight is 261 g/mol. The molecule has 15 heavy (non-hydrogen) atoms. The number of hydrogen-bond donors (Lipinski definition) is 1. The van der Waals surface area contributed by atoms with Crippen LogP contribution in [0, 0.1) is 0 Å². The first-order valence-electron chi connectivity index (χ1n) is 3.43. The fraction of sp³-hybridized carbons (Fsp3) is 0.167. The van der Waals surface area contributed by atoms with Gasteiger partial charge in [0, 0.05) is 17.3 Å². The van der Waals surface area contributed by atoms with Crippen molar-refractivity contribution in [2.75, 3.05) is 4.72 Å². The Hall–Kier alpha value is -1.02. The Morgan fingerprint density at radius 1 is 1.40 bits per heavy atom. The first-order valence-corrected chi connectivity index (χ1v) is 5.29. The number of alkyl halides is 3. The molecule has 0 aliphatic heterocycles. The van der Waals surface area contributed by atoms with E-state index in [1.54, 1.807) is 0 Å². The normalized spacial score (nSPS) is 12.5. The van der Waals surface area contributed by atoms with Crippen molar-refractivity contribution < 1.29 is 21.6 Å². The van der Waals surface area contributed by atoms with Gasteiger partial charge in [-0.25, -0.2) is 4.98 Å². The largest absolute Gasteiger partial charge is 0.516 e. The second-order valence-corrected chi connectivity index (χ2v) is 4.52. The van der Waals surface area contributed by atoms with Crippen molar-refractivity contribution in [2.45, 2.75) is 5.51 Å². The molecule has 0 radical (unpaired) electrons. The van der Waals surface area contributed by atoms with Gasteiger partial charge in [0.05, 0.1) is 0 Å². The molecule has 0 aliphatic carbocycles. The maximum absolute atomic E-state index is 11.9. The van der Waals surface area contributed by atoms with Crippen LogP contribution in [0.3, 0.4) is 0 Å². The number of rotatable bonds is 2. The van der Waals surface area contributed by atoms with Crippen molar-refractivity contribution in [2.24, 2.45) is 0 Å². The zero-order valence-corrected chi connectivity index (χ0v) is 8.49. The van der Waals surface area contributed by atoms with Crippen molar-refractivity contribution in [1.29, 1.82) is 0 Å². The van der Waals surface area contributed by atoms with E-state index in [4.69, 9.17) is 11.6 Å². The van der Waals surface area contributed by atoms with Crippen LogP contribution in [0.4, 0.5) is 19.0 Å². The fourth-order valence-corrected chi connectivity index (χ4v) is 1.32. The van der Waals surface area contributed by atoms with Crippen LogP contribution < -0.4 is 4.72 Å². The zero-order valence-electron chi connectivity index (χ0n) is 6.92. The molecule has 0 saturated heterocycles. The van der Waals surface area contributed by atoms with Gasteiger partial charge in [-0.2, -0.15) is 21.6 Å². The maximum atomic E-state index is 11.9. The topological polar surface area (TPSA) is 59.1 Å². The molecule has 1 aromatic rings. The summed E-state index contributed by atoms with van der Waals surface area (Å²) in [6, 6.07) is 2.26. The molecule has 0 spiro atoms. The highest BCUT2D eigenvalue weighted by Crippen LogP contribution is 2.25. The van der Waals surface area contributed by atoms with Crippen LogP contribution >= 0.6 is 11.6 Å². The summed E-state index contributed by atoms with van der Waals surface area (Å²) in [5.41, 5.74) is -5.38. The fourth-order valence-electron chi connectivity index (χ4n) is 0.656. The van der Waals surface area contributed by atoms with E-state index in [1.165, 1.54) is 10.8 Å². The lowest BCUT2D eigenvalue weighted by Crippen LogP contribution is -2.30. The first kappa shape index (κ1) is 12.1. The third-order valence-electron chi connectivity index (χ3n) is 1.27. The number of halogens is 4. The van der Waals surface area contributed by atoms with E-state index in [9.17, 15) is 21.6 Å². The molecule has 0 amide bonds. The number of anilines is 1. The lowest BCUT2D eigenvalue weighted by molar-refractivity contribution is -0.0429. The number of hydrogen-bond acceptors (Lipinski definition) is 3. The Balaban J connectivity index is 2.98. The van der Waals surface area contributed by atoms with Gasteiger partial charge in [-0.1, -0.05) is 11.6 Å². The molecule has 0 fully saturated rings. The van der Waals surface area contributed by atoms with E-state index >= 15 is 0 Å². The highest BCUT2D eigenvalue weighted by molar-refractivity contribution is 7.93. The van der Waals surface area contributed by atoms with Gasteiger partial charge in [-0.3, -0.25) is 4.72 Å². The predicted octanol–water partition coefficient (Wildman–Crippen LogP) is 2.00.